The zero-order valence-electron chi connectivity index (χ0n) is 9.49. The van der Waals surface area contributed by atoms with Gasteiger partial charge in [0, 0.05) is 38.2 Å². The Bertz CT molecular complexity index is 319. The van der Waals surface area contributed by atoms with E-state index < -0.39 is 0 Å². The van der Waals surface area contributed by atoms with E-state index in [1.54, 1.807) is 0 Å². The molecule has 2 rings (SSSR count). The van der Waals surface area contributed by atoms with Gasteiger partial charge >= 0.3 is 0 Å². The number of fused-ring (bicyclic) bond motifs is 1. The SMILES string of the molecule is CC(C)CN1CCc2onc(CN)c2C1. The molecule has 84 valence electrons. The zero-order valence-corrected chi connectivity index (χ0v) is 9.49. The predicted octanol–water partition coefficient (Wildman–Crippen LogP) is 1.15. The second-order valence-corrected chi connectivity index (χ2v) is 4.61. The molecule has 1 aliphatic heterocycles. The van der Waals surface area contributed by atoms with Gasteiger partial charge in [0.1, 0.15) is 11.5 Å². The molecule has 0 saturated heterocycles. The van der Waals surface area contributed by atoms with Crippen molar-refractivity contribution in [1.29, 1.82) is 0 Å². The van der Waals surface area contributed by atoms with Crippen molar-refractivity contribution in [2.24, 2.45) is 11.7 Å². The molecular weight excluding hydrogens is 190 g/mol. The van der Waals surface area contributed by atoms with Crippen LogP contribution < -0.4 is 5.73 Å². The highest BCUT2D eigenvalue weighted by Crippen LogP contribution is 2.22. The minimum Gasteiger partial charge on any atom is -0.361 e. The van der Waals surface area contributed by atoms with Crippen molar-refractivity contribution in [3.8, 4) is 0 Å². The molecule has 0 unspecified atom stereocenters. The lowest BCUT2D eigenvalue weighted by Gasteiger charge is -2.27. The summed E-state index contributed by atoms with van der Waals surface area (Å²) < 4.78 is 5.27. The van der Waals surface area contributed by atoms with Crippen LogP contribution in [0.25, 0.3) is 0 Å². The second kappa shape index (κ2) is 4.33. The first-order chi connectivity index (χ1) is 7.20. The lowest BCUT2D eigenvalue weighted by Crippen LogP contribution is -2.33. The van der Waals surface area contributed by atoms with E-state index in [0.717, 1.165) is 37.5 Å². The van der Waals surface area contributed by atoms with Crippen LogP contribution in [0.15, 0.2) is 4.52 Å². The van der Waals surface area contributed by atoms with Crippen LogP contribution in [0.4, 0.5) is 0 Å². The van der Waals surface area contributed by atoms with Crippen molar-refractivity contribution in [2.45, 2.75) is 33.4 Å². The summed E-state index contributed by atoms with van der Waals surface area (Å²) >= 11 is 0. The summed E-state index contributed by atoms with van der Waals surface area (Å²) in [5.74, 6) is 1.74. The van der Waals surface area contributed by atoms with E-state index in [0.29, 0.717) is 12.5 Å². The number of hydrogen-bond acceptors (Lipinski definition) is 4. The normalized spacial score (nSPS) is 17.1. The lowest BCUT2D eigenvalue weighted by molar-refractivity contribution is 0.213. The summed E-state index contributed by atoms with van der Waals surface area (Å²) in [7, 11) is 0. The average Bonchev–Trinajstić information content (AvgIpc) is 2.59. The number of rotatable bonds is 3. The summed E-state index contributed by atoms with van der Waals surface area (Å²) in [6.07, 6.45) is 0.967. The Hall–Kier alpha value is -0.870. The van der Waals surface area contributed by atoms with Gasteiger partial charge in [-0.25, -0.2) is 0 Å². The van der Waals surface area contributed by atoms with Crippen LogP contribution in [0.5, 0.6) is 0 Å². The molecule has 0 bridgehead atoms. The van der Waals surface area contributed by atoms with Gasteiger partial charge in [-0.15, -0.1) is 0 Å². The molecule has 0 aliphatic carbocycles. The molecule has 0 saturated carbocycles. The minimum atomic E-state index is 0.481. The molecule has 15 heavy (non-hydrogen) atoms. The molecule has 1 aliphatic rings. The number of hydrogen-bond donors (Lipinski definition) is 1. The molecule has 0 spiro atoms. The van der Waals surface area contributed by atoms with E-state index in [4.69, 9.17) is 10.3 Å². The van der Waals surface area contributed by atoms with E-state index >= 15 is 0 Å². The van der Waals surface area contributed by atoms with Crippen LogP contribution in [0, 0.1) is 5.92 Å². The summed E-state index contributed by atoms with van der Waals surface area (Å²) in [4.78, 5) is 2.45. The van der Waals surface area contributed by atoms with Crippen molar-refractivity contribution in [1.82, 2.24) is 10.1 Å². The van der Waals surface area contributed by atoms with E-state index in [1.807, 2.05) is 0 Å². The molecule has 2 heterocycles. The fourth-order valence-electron chi connectivity index (χ4n) is 2.15. The monoisotopic (exact) mass is 209 g/mol. The lowest BCUT2D eigenvalue weighted by atomic mass is 10.0. The van der Waals surface area contributed by atoms with E-state index in [2.05, 4.69) is 23.9 Å². The summed E-state index contributed by atoms with van der Waals surface area (Å²) in [5.41, 5.74) is 7.78. The van der Waals surface area contributed by atoms with Crippen molar-refractivity contribution >= 4 is 0 Å². The Morgan fingerprint density at radius 1 is 1.53 bits per heavy atom. The average molecular weight is 209 g/mol. The van der Waals surface area contributed by atoms with Crippen molar-refractivity contribution in [3.05, 3.63) is 17.0 Å². The van der Waals surface area contributed by atoms with Crippen molar-refractivity contribution in [3.63, 3.8) is 0 Å². The Morgan fingerprint density at radius 3 is 3.00 bits per heavy atom. The molecule has 0 atom stereocenters. The predicted molar refractivity (Wildman–Crippen MR) is 58.2 cm³/mol. The van der Waals surface area contributed by atoms with Crippen LogP contribution in [0.2, 0.25) is 0 Å². The highest BCUT2D eigenvalue weighted by Gasteiger charge is 2.23. The summed E-state index contributed by atoms with van der Waals surface area (Å²) in [5, 5.41) is 4.00. The van der Waals surface area contributed by atoms with Gasteiger partial charge in [-0.2, -0.15) is 0 Å². The smallest absolute Gasteiger partial charge is 0.142 e. The molecule has 1 aromatic rings. The Kier molecular flexibility index (Phi) is 3.07. The van der Waals surface area contributed by atoms with Crippen molar-refractivity contribution < 1.29 is 4.52 Å². The minimum absolute atomic E-state index is 0.481. The fourth-order valence-corrected chi connectivity index (χ4v) is 2.15. The molecule has 4 nitrogen and oxygen atoms in total. The Morgan fingerprint density at radius 2 is 2.33 bits per heavy atom. The third-order valence-corrected chi connectivity index (χ3v) is 2.80. The van der Waals surface area contributed by atoms with Gasteiger partial charge in [0.2, 0.25) is 0 Å². The number of nitrogens with zero attached hydrogens (tertiary/aromatic N) is 2. The third-order valence-electron chi connectivity index (χ3n) is 2.80. The van der Waals surface area contributed by atoms with Crippen molar-refractivity contribution in [2.75, 3.05) is 13.1 Å². The second-order valence-electron chi connectivity index (χ2n) is 4.61. The van der Waals surface area contributed by atoms with E-state index in [1.165, 1.54) is 5.56 Å². The van der Waals surface area contributed by atoms with E-state index in [9.17, 15) is 0 Å². The standard InChI is InChI=1S/C11H19N3O/c1-8(2)6-14-4-3-11-9(7-14)10(5-12)13-15-11/h8H,3-7,12H2,1-2H3. The molecular formula is C11H19N3O. The van der Waals surface area contributed by atoms with Crippen LogP contribution >= 0.6 is 0 Å². The summed E-state index contributed by atoms with van der Waals surface area (Å²) in [6, 6.07) is 0. The maximum Gasteiger partial charge on any atom is 0.142 e. The zero-order chi connectivity index (χ0) is 10.8. The maximum atomic E-state index is 5.62. The Balaban J connectivity index is 2.10. The molecule has 2 N–H and O–H groups in total. The molecule has 0 radical (unpaired) electrons. The molecule has 0 amide bonds. The molecule has 0 aromatic carbocycles. The van der Waals surface area contributed by atoms with Gasteiger partial charge < -0.3 is 10.3 Å². The van der Waals surface area contributed by atoms with Crippen LogP contribution in [0.1, 0.15) is 30.9 Å². The molecule has 4 heteroatoms. The van der Waals surface area contributed by atoms with Gasteiger partial charge in [0.25, 0.3) is 0 Å². The largest absolute Gasteiger partial charge is 0.361 e. The van der Waals surface area contributed by atoms with Crippen LogP contribution in [0.3, 0.4) is 0 Å². The highest BCUT2D eigenvalue weighted by molar-refractivity contribution is 5.25. The third kappa shape index (κ3) is 2.21. The first kappa shape index (κ1) is 10.6. The van der Waals surface area contributed by atoms with Gasteiger partial charge in [-0.3, -0.25) is 4.90 Å². The van der Waals surface area contributed by atoms with Crippen LogP contribution in [-0.4, -0.2) is 23.1 Å². The molecule has 1 aromatic heterocycles. The van der Waals surface area contributed by atoms with Gasteiger partial charge in [0.15, 0.2) is 0 Å². The fraction of sp³-hybridized carbons (Fsp3) is 0.727. The maximum absolute atomic E-state index is 5.62. The first-order valence-electron chi connectivity index (χ1n) is 5.59. The highest BCUT2D eigenvalue weighted by atomic mass is 16.5. The van der Waals surface area contributed by atoms with Crippen LogP contribution in [-0.2, 0) is 19.5 Å². The van der Waals surface area contributed by atoms with Gasteiger partial charge in [-0.05, 0) is 5.92 Å². The summed E-state index contributed by atoms with van der Waals surface area (Å²) in [6.45, 7) is 8.12. The van der Waals surface area contributed by atoms with Gasteiger partial charge in [-0.1, -0.05) is 19.0 Å². The molecule has 0 fully saturated rings. The quantitative estimate of drug-likeness (QED) is 0.811. The van der Waals surface area contributed by atoms with Gasteiger partial charge in [0.05, 0.1) is 0 Å². The van der Waals surface area contributed by atoms with E-state index in [-0.39, 0.29) is 0 Å². The Labute approximate surface area is 90.4 Å². The number of aromatic nitrogens is 1. The first-order valence-corrected chi connectivity index (χ1v) is 5.59. The topological polar surface area (TPSA) is 55.3 Å². The number of nitrogens with two attached hydrogens (primary N) is 1.